The summed E-state index contributed by atoms with van der Waals surface area (Å²) in [4.78, 5) is 59.7. The van der Waals surface area contributed by atoms with Gasteiger partial charge in [-0.15, -0.1) is 0 Å². The standard InChI is InChI=1S/C42H55N7O7S/c1-7-29-24-42(29,38(52)47-57(54,55)31-19-20-31)44-36(50)32-23-30-25-48(32)37(51)35(40(2,3)4)43-39(53)56-41(5,6)21-12-11-14-26-15-13-18-28(22-26)34-33(45-49(30)46-34)27-16-9-8-10-17-27/h8-10,13,15-18,22,29-32,35H,7,11-12,14,19-21,23-25H2,1-6H3,(H,43,53)(H,44,50)(H,47,52)/t29-,30-,32+,35-,42-/m1/s1. The van der Waals surface area contributed by atoms with Crippen molar-refractivity contribution in [1.82, 2.24) is 35.2 Å². The first-order valence-corrected chi connectivity index (χ1v) is 21.7. The Morgan fingerprint density at radius 2 is 1.67 bits per heavy atom. The van der Waals surface area contributed by atoms with E-state index in [-0.39, 0.29) is 25.3 Å². The summed E-state index contributed by atoms with van der Waals surface area (Å²) in [5, 5.41) is 15.2. The molecule has 7 rings (SSSR count). The number of cyclic esters (lactones) is 1. The molecule has 3 aromatic rings. The molecule has 6 bridgehead atoms. The van der Waals surface area contributed by atoms with E-state index in [1.165, 1.54) is 4.90 Å². The zero-order valence-corrected chi connectivity index (χ0v) is 34.5. The highest BCUT2D eigenvalue weighted by atomic mass is 32.2. The van der Waals surface area contributed by atoms with Crippen LogP contribution < -0.4 is 15.4 Å². The minimum Gasteiger partial charge on any atom is -0.444 e. The Bertz CT molecular complexity index is 2140. The van der Waals surface area contributed by atoms with E-state index in [0.717, 1.165) is 36.0 Å². The Labute approximate surface area is 334 Å². The molecule has 1 aromatic heterocycles. The lowest BCUT2D eigenvalue weighted by molar-refractivity contribution is -0.143. The van der Waals surface area contributed by atoms with Gasteiger partial charge in [-0.1, -0.05) is 82.6 Å². The quantitative estimate of drug-likeness (QED) is 0.286. The number of alkyl carbamates (subject to hydrolysis) is 1. The minimum absolute atomic E-state index is 0.0283. The molecule has 0 radical (unpaired) electrons. The highest BCUT2D eigenvalue weighted by Gasteiger charge is 2.62. The number of nitrogens with one attached hydrogen (secondary N) is 3. The first-order chi connectivity index (χ1) is 26.9. The molecule has 15 heteroatoms. The zero-order chi connectivity index (χ0) is 40.9. The maximum absolute atomic E-state index is 14.9. The van der Waals surface area contributed by atoms with E-state index in [2.05, 4.69) is 27.5 Å². The van der Waals surface area contributed by atoms with Crippen molar-refractivity contribution >= 4 is 33.8 Å². The second-order valence-electron chi connectivity index (χ2n) is 17.9. The number of amides is 4. The molecule has 306 valence electrons. The van der Waals surface area contributed by atoms with Gasteiger partial charge in [-0.3, -0.25) is 19.1 Å². The van der Waals surface area contributed by atoms with Crippen LogP contribution in [-0.4, -0.2) is 87.1 Å². The van der Waals surface area contributed by atoms with Crippen molar-refractivity contribution in [1.29, 1.82) is 0 Å². The van der Waals surface area contributed by atoms with E-state index < -0.39 is 73.8 Å². The smallest absolute Gasteiger partial charge is 0.408 e. The fourth-order valence-electron chi connectivity index (χ4n) is 8.26. The van der Waals surface area contributed by atoms with Crippen LogP contribution in [0.3, 0.4) is 0 Å². The van der Waals surface area contributed by atoms with Gasteiger partial charge in [0, 0.05) is 24.1 Å². The Morgan fingerprint density at radius 1 is 0.982 bits per heavy atom. The van der Waals surface area contributed by atoms with Crippen LogP contribution in [0, 0.1) is 11.3 Å². The van der Waals surface area contributed by atoms with Gasteiger partial charge < -0.3 is 20.3 Å². The summed E-state index contributed by atoms with van der Waals surface area (Å²) in [6, 6.07) is 15.2. The summed E-state index contributed by atoms with van der Waals surface area (Å²) in [6.45, 7) is 11.1. The van der Waals surface area contributed by atoms with Crippen molar-refractivity contribution in [3.8, 4) is 22.5 Å². The number of fused-ring (bicyclic) bond motifs is 8. The Morgan fingerprint density at radius 3 is 2.32 bits per heavy atom. The van der Waals surface area contributed by atoms with E-state index in [9.17, 15) is 27.6 Å². The summed E-state index contributed by atoms with van der Waals surface area (Å²) in [6.07, 6.45) is 4.21. The number of sulfonamides is 1. The molecule has 2 saturated carbocycles. The second-order valence-corrected chi connectivity index (χ2v) is 19.9. The van der Waals surface area contributed by atoms with Gasteiger partial charge in [-0.05, 0) is 81.8 Å². The maximum atomic E-state index is 14.9. The van der Waals surface area contributed by atoms with Crippen LogP contribution in [0.5, 0.6) is 0 Å². The van der Waals surface area contributed by atoms with Crippen LogP contribution in [0.2, 0.25) is 0 Å². The van der Waals surface area contributed by atoms with Crippen molar-refractivity contribution < 1.29 is 32.3 Å². The highest BCUT2D eigenvalue weighted by molar-refractivity contribution is 7.91. The Kier molecular flexibility index (Phi) is 10.8. The molecule has 4 aliphatic rings. The molecule has 3 fully saturated rings. The lowest BCUT2D eigenvalue weighted by Gasteiger charge is -2.36. The molecule has 2 aliphatic carbocycles. The monoisotopic (exact) mass is 801 g/mol. The lowest BCUT2D eigenvalue weighted by Crippen LogP contribution is -2.60. The summed E-state index contributed by atoms with van der Waals surface area (Å²) >= 11 is 0. The van der Waals surface area contributed by atoms with E-state index in [1.54, 1.807) is 4.80 Å². The van der Waals surface area contributed by atoms with Crippen LogP contribution in [-0.2, 0) is 35.6 Å². The van der Waals surface area contributed by atoms with E-state index in [1.807, 2.05) is 84.0 Å². The van der Waals surface area contributed by atoms with Crippen LogP contribution >= 0.6 is 0 Å². The molecular weight excluding hydrogens is 747 g/mol. The van der Waals surface area contributed by atoms with Crippen molar-refractivity contribution in [3.05, 3.63) is 60.2 Å². The molecule has 0 spiro atoms. The number of benzene rings is 2. The summed E-state index contributed by atoms with van der Waals surface area (Å²) < 4.78 is 33.8. The van der Waals surface area contributed by atoms with Gasteiger partial charge in [-0.2, -0.15) is 15.0 Å². The Balaban J connectivity index is 1.29. The molecule has 3 N–H and O–H groups in total. The normalized spacial score (nSPS) is 26.6. The number of rotatable bonds is 7. The van der Waals surface area contributed by atoms with Crippen molar-refractivity contribution in [2.45, 2.75) is 134 Å². The third-order valence-electron chi connectivity index (χ3n) is 11.9. The molecule has 5 atom stereocenters. The van der Waals surface area contributed by atoms with Gasteiger partial charge in [0.25, 0.3) is 5.91 Å². The number of carbonyl (C=O) groups excluding carboxylic acids is 4. The van der Waals surface area contributed by atoms with Gasteiger partial charge in [0.1, 0.15) is 34.6 Å². The van der Waals surface area contributed by atoms with E-state index >= 15 is 0 Å². The number of nitrogens with zero attached hydrogens (tertiary/aromatic N) is 4. The second kappa shape index (κ2) is 15.2. The van der Waals surface area contributed by atoms with Crippen LogP contribution in [0.1, 0.15) is 105 Å². The third-order valence-corrected chi connectivity index (χ3v) is 13.7. The third kappa shape index (κ3) is 8.58. The van der Waals surface area contributed by atoms with Crippen LogP contribution in [0.25, 0.3) is 22.5 Å². The topological polar surface area (TPSA) is 182 Å². The average molecular weight is 802 g/mol. The number of aryl methyl sites for hydroxylation is 1. The zero-order valence-electron chi connectivity index (χ0n) is 33.7. The fourth-order valence-corrected chi connectivity index (χ4v) is 9.62. The predicted octanol–water partition coefficient (Wildman–Crippen LogP) is 5.29. The van der Waals surface area contributed by atoms with Crippen molar-refractivity contribution in [3.63, 3.8) is 0 Å². The number of aromatic nitrogens is 3. The maximum Gasteiger partial charge on any atom is 0.408 e. The molecule has 0 unspecified atom stereocenters. The minimum atomic E-state index is -3.88. The Hall–Kier alpha value is -4.79. The molecule has 57 heavy (non-hydrogen) atoms. The molecule has 1 saturated heterocycles. The average Bonchev–Trinajstić information content (AvgIpc) is 4.04. The number of hydrogen-bond donors (Lipinski definition) is 3. The largest absolute Gasteiger partial charge is 0.444 e. The van der Waals surface area contributed by atoms with Gasteiger partial charge in [0.05, 0.1) is 11.3 Å². The van der Waals surface area contributed by atoms with Gasteiger partial charge in [0.2, 0.25) is 21.8 Å². The van der Waals surface area contributed by atoms with E-state index in [0.29, 0.717) is 37.1 Å². The van der Waals surface area contributed by atoms with Crippen LogP contribution in [0.4, 0.5) is 4.79 Å². The highest BCUT2D eigenvalue weighted by Crippen LogP contribution is 2.47. The summed E-state index contributed by atoms with van der Waals surface area (Å²) in [5.41, 5.74) is 1.14. The molecular formula is C42H55N7O7S. The lowest BCUT2D eigenvalue weighted by atomic mass is 9.85. The summed E-state index contributed by atoms with van der Waals surface area (Å²) in [5.74, 6) is -2.14. The number of carbonyl (C=O) groups is 4. The van der Waals surface area contributed by atoms with Gasteiger partial charge in [0.15, 0.2) is 0 Å². The number of ether oxygens (including phenoxy) is 1. The summed E-state index contributed by atoms with van der Waals surface area (Å²) in [7, 11) is -3.88. The molecule has 2 aromatic carbocycles. The fraction of sp³-hybridized carbons (Fsp3) is 0.571. The molecule has 4 amide bonds. The van der Waals surface area contributed by atoms with Gasteiger partial charge >= 0.3 is 6.09 Å². The molecule has 14 nitrogen and oxygen atoms in total. The van der Waals surface area contributed by atoms with Crippen molar-refractivity contribution in [2.75, 3.05) is 6.54 Å². The van der Waals surface area contributed by atoms with E-state index in [4.69, 9.17) is 14.9 Å². The molecule has 3 heterocycles. The van der Waals surface area contributed by atoms with Gasteiger partial charge in [-0.25, -0.2) is 13.2 Å². The SMILES string of the molecule is CC[C@@H]1C[C@]1(NC(=O)[C@@H]1C[C@@H]2CN1C(=O)[C@H](C(C)(C)C)NC(=O)OC(C)(C)CCCCc1cccc(c1)-c1nn2nc1-c1ccccc1)C(=O)NS(=O)(=O)C1CC1. The first-order valence-electron chi connectivity index (χ1n) is 20.2. The first kappa shape index (κ1) is 40.4. The van der Waals surface area contributed by atoms with Crippen LogP contribution in [0.15, 0.2) is 54.6 Å². The van der Waals surface area contributed by atoms with Crippen molar-refractivity contribution in [2.24, 2.45) is 11.3 Å². The molecule has 2 aliphatic heterocycles. The predicted molar refractivity (Wildman–Crippen MR) is 214 cm³/mol. The number of hydrogen-bond acceptors (Lipinski definition) is 9.